The second-order valence-corrected chi connectivity index (χ2v) is 8.29. The van der Waals surface area contributed by atoms with Gasteiger partial charge in [0.15, 0.2) is 11.0 Å². The van der Waals surface area contributed by atoms with Crippen molar-refractivity contribution in [2.45, 2.75) is 0 Å². The van der Waals surface area contributed by atoms with Crippen molar-refractivity contribution in [2.75, 3.05) is 17.6 Å². The van der Waals surface area contributed by atoms with Crippen LogP contribution >= 0.6 is 11.3 Å². The minimum atomic E-state index is -3.55. The predicted octanol–water partition coefficient (Wildman–Crippen LogP) is 2.25. The van der Waals surface area contributed by atoms with Crippen molar-refractivity contribution in [1.82, 2.24) is 9.88 Å². The van der Waals surface area contributed by atoms with Crippen molar-refractivity contribution in [1.29, 1.82) is 0 Å². The number of amidine groups is 1. The molecule has 3 heterocycles. The fraction of sp³-hybridized carbons (Fsp3) is 0.118. The van der Waals surface area contributed by atoms with E-state index in [9.17, 15) is 13.2 Å². The number of carbonyl (C=O) groups is 1. The first kappa shape index (κ1) is 16.7. The van der Waals surface area contributed by atoms with Crippen LogP contribution in [-0.4, -0.2) is 42.3 Å². The smallest absolute Gasteiger partial charge is 0.261 e. The number of amides is 1. The molecule has 9 heteroatoms. The van der Waals surface area contributed by atoms with Gasteiger partial charge < -0.3 is 4.90 Å². The Kier molecular flexibility index (Phi) is 4.17. The van der Waals surface area contributed by atoms with Crippen molar-refractivity contribution >= 4 is 38.2 Å². The van der Waals surface area contributed by atoms with Crippen LogP contribution in [0.3, 0.4) is 0 Å². The number of thiazole rings is 1. The molecule has 0 atom stereocenters. The molecule has 0 saturated heterocycles. The molecule has 2 aromatic rings. The summed E-state index contributed by atoms with van der Waals surface area (Å²) in [4.78, 5) is 18.7. The number of fused-ring (bicyclic) bond motifs is 1. The normalized spacial score (nSPS) is 17.9. The number of anilines is 1. The van der Waals surface area contributed by atoms with Crippen molar-refractivity contribution in [3.63, 3.8) is 0 Å². The van der Waals surface area contributed by atoms with E-state index in [-0.39, 0.29) is 23.7 Å². The van der Waals surface area contributed by atoms with Crippen LogP contribution in [0.15, 0.2) is 64.0 Å². The molecule has 4 rings (SSSR count). The van der Waals surface area contributed by atoms with E-state index in [1.807, 2.05) is 35.7 Å². The van der Waals surface area contributed by atoms with Crippen LogP contribution < -0.4 is 5.32 Å². The fourth-order valence-corrected chi connectivity index (χ4v) is 4.33. The molecule has 132 valence electrons. The highest BCUT2D eigenvalue weighted by Gasteiger charge is 2.30. The number of carbonyl (C=O) groups excluding carboxylic acids is 1. The largest absolute Gasteiger partial charge is 0.331 e. The lowest BCUT2D eigenvalue weighted by molar-refractivity contribution is -0.112. The van der Waals surface area contributed by atoms with Crippen molar-refractivity contribution in [3.05, 3.63) is 59.6 Å². The third-order valence-electron chi connectivity index (χ3n) is 3.90. The van der Waals surface area contributed by atoms with Crippen LogP contribution in [0.1, 0.15) is 0 Å². The highest BCUT2D eigenvalue weighted by atomic mass is 32.2. The summed E-state index contributed by atoms with van der Waals surface area (Å²) in [5, 5.41) is 5.02. The van der Waals surface area contributed by atoms with E-state index in [1.165, 1.54) is 11.3 Å². The van der Waals surface area contributed by atoms with Crippen molar-refractivity contribution < 1.29 is 13.2 Å². The summed E-state index contributed by atoms with van der Waals surface area (Å²) in [7, 11) is -3.55. The highest BCUT2D eigenvalue weighted by Crippen LogP contribution is 2.26. The summed E-state index contributed by atoms with van der Waals surface area (Å²) < 4.78 is 27.3. The standard InChI is InChI=1S/C17H14N4O3S2/c22-16(13-7-4-8-21-9-10-26(23,24)20-15(13)21)19-17-18-14(11-25-17)12-5-2-1-3-6-12/h1-8,11H,9-10H2,(H,18,19,22). The van der Waals surface area contributed by atoms with Crippen LogP contribution in [0.4, 0.5) is 5.13 Å². The molecule has 2 aliphatic heterocycles. The third-order valence-corrected chi connectivity index (χ3v) is 5.80. The molecule has 1 aromatic carbocycles. The zero-order chi connectivity index (χ0) is 18.1. The number of rotatable bonds is 3. The Morgan fingerprint density at radius 3 is 2.85 bits per heavy atom. The van der Waals surface area contributed by atoms with Crippen LogP contribution in [0.2, 0.25) is 0 Å². The van der Waals surface area contributed by atoms with Gasteiger partial charge in [0.2, 0.25) is 0 Å². The predicted molar refractivity (Wildman–Crippen MR) is 101 cm³/mol. The molecule has 26 heavy (non-hydrogen) atoms. The van der Waals surface area contributed by atoms with Crippen LogP contribution in [0, 0.1) is 0 Å². The number of sulfonamides is 1. The van der Waals surface area contributed by atoms with Crippen LogP contribution in [0.25, 0.3) is 11.3 Å². The number of benzene rings is 1. The Morgan fingerprint density at radius 1 is 1.23 bits per heavy atom. The lowest BCUT2D eigenvalue weighted by Crippen LogP contribution is -2.40. The number of allylic oxidation sites excluding steroid dienone is 2. The van der Waals surface area contributed by atoms with E-state index in [4.69, 9.17) is 0 Å². The second-order valence-electron chi connectivity index (χ2n) is 5.67. The van der Waals surface area contributed by atoms with Gasteiger partial charge in [0, 0.05) is 23.7 Å². The zero-order valence-electron chi connectivity index (χ0n) is 13.5. The van der Waals surface area contributed by atoms with Crippen LogP contribution in [0.5, 0.6) is 0 Å². The fourth-order valence-electron chi connectivity index (χ4n) is 2.63. The molecule has 1 N–H and O–H groups in total. The van der Waals surface area contributed by atoms with Gasteiger partial charge in [-0.05, 0) is 12.2 Å². The third kappa shape index (κ3) is 3.31. The monoisotopic (exact) mass is 386 g/mol. The molecule has 0 fully saturated rings. The van der Waals surface area contributed by atoms with Gasteiger partial charge in [0.25, 0.3) is 15.9 Å². The van der Waals surface area contributed by atoms with E-state index < -0.39 is 15.9 Å². The molecule has 2 aliphatic rings. The first-order chi connectivity index (χ1) is 12.5. The second kappa shape index (κ2) is 6.50. The van der Waals surface area contributed by atoms with Gasteiger partial charge in [0.05, 0.1) is 17.0 Å². The molecule has 1 aromatic heterocycles. The van der Waals surface area contributed by atoms with E-state index in [0.29, 0.717) is 5.13 Å². The number of aromatic nitrogens is 1. The van der Waals surface area contributed by atoms with E-state index in [0.717, 1.165) is 11.3 Å². The topological polar surface area (TPSA) is 91.7 Å². The van der Waals surface area contributed by atoms with E-state index in [1.54, 1.807) is 23.3 Å². The number of hydrogen-bond donors (Lipinski definition) is 1. The Labute approximate surface area is 154 Å². The Bertz CT molecular complexity index is 1050. The van der Waals surface area contributed by atoms with E-state index >= 15 is 0 Å². The van der Waals surface area contributed by atoms with Crippen molar-refractivity contribution in [2.24, 2.45) is 4.40 Å². The lowest BCUT2D eigenvalue weighted by Gasteiger charge is -2.28. The number of nitrogens with zero attached hydrogens (tertiary/aromatic N) is 3. The van der Waals surface area contributed by atoms with E-state index in [2.05, 4.69) is 14.7 Å². The summed E-state index contributed by atoms with van der Waals surface area (Å²) in [5.74, 6) is -0.358. The molecule has 7 nitrogen and oxygen atoms in total. The van der Waals surface area contributed by atoms with Gasteiger partial charge in [-0.15, -0.1) is 15.7 Å². The Balaban J connectivity index is 1.57. The summed E-state index contributed by atoms with van der Waals surface area (Å²) in [6.45, 7) is 0.275. The molecule has 0 spiro atoms. The molecule has 0 aliphatic carbocycles. The molecule has 0 unspecified atom stereocenters. The van der Waals surface area contributed by atoms with Gasteiger partial charge in [-0.2, -0.15) is 0 Å². The first-order valence-corrected chi connectivity index (χ1v) is 10.3. The van der Waals surface area contributed by atoms with Gasteiger partial charge in [-0.3, -0.25) is 10.1 Å². The highest BCUT2D eigenvalue weighted by molar-refractivity contribution is 7.90. The van der Waals surface area contributed by atoms with Gasteiger partial charge >= 0.3 is 0 Å². The summed E-state index contributed by atoms with van der Waals surface area (Å²) in [5.41, 5.74) is 1.92. The summed E-state index contributed by atoms with van der Waals surface area (Å²) in [6.07, 6.45) is 4.96. The molecular weight excluding hydrogens is 372 g/mol. The molecular formula is C17H14N4O3S2. The SMILES string of the molecule is O=C(Nc1nc(-c2ccccc2)cs1)C1=CC=CN2CCS(=O)(=O)N=C12. The van der Waals surface area contributed by atoms with Gasteiger partial charge in [-0.1, -0.05) is 30.3 Å². The maximum absolute atomic E-state index is 12.6. The molecule has 1 amide bonds. The average molecular weight is 386 g/mol. The van der Waals surface area contributed by atoms with Crippen molar-refractivity contribution in [3.8, 4) is 11.3 Å². The number of hydrogen-bond acceptors (Lipinski definition) is 6. The lowest BCUT2D eigenvalue weighted by atomic mass is 10.1. The molecule has 0 saturated carbocycles. The average Bonchev–Trinajstić information content (AvgIpc) is 3.09. The maximum atomic E-state index is 12.6. The molecule has 0 bridgehead atoms. The Hall–Kier alpha value is -2.78. The first-order valence-electron chi connectivity index (χ1n) is 7.82. The quantitative estimate of drug-likeness (QED) is 0.873. The maximum Gasteiger partial charge on any atom is 0.261 e. The summed E-state index contributed by atoms with van der Waals surface area (Å²) >= 11 is 1.31. The zero-order valence-corrected chi connectivity index (χ0v) is 15.1. The van der Waals surface area contributed by atoms with Gasteiger partial charge in [0.1, 0.15) is 0 Å². The summed E-state index contributed by atoms with van der Waals surface area (Å²) in [6, 6.07) is 9.64. The minimum Gasteiger partial charge on any atom is -0.331 e. The van der Waals surface area contributed by atoms with Gasteiger partial charge in [-0.25, -0.2) is 13.4 Å². The molecule has 0 radical (unpaired) electrons. The van der Waals surface area contributed by atoms with Crippen LogP contribution in [-0.2, 0) is 14.8 Å². The minimum absolute atomic E-state index is 0.0668. The Morgan fingerprint density at radius 2 is 2.04 bits per heavy atom. The number of nitrogens with one attached hydrogen (secondary N) is 1.